The normalized spacial score (nSPS) is 38.7. The number of Topliss-reactive ketones (excluding diaryl/α,β-unsaturated/α-hetero) is 1. The SMILES string of the molecule is CC1=C[C@]23C(=O)[C@@H](C=C(CO)[C@@H](O)[C@]2(O)[C@H]1OC(=O)c1c(C)nn(CC(F)(F)F)c1C)[C@H]1[C@@H](C[C@H]3C)C1(C)C. The molecule has 1 spiro atoms. The summed E-state index contributed by atoms with van der Waals surface area (Å²) in [6.45, 7) is 8.30. The first kappa shape index (κ1) is 28.0. The van der Waals surface area contributed by atoms with E-state index < -0.39 is 60.4 Å². The van der Waals surface area contributed by atoms with Gasteiger partial charge in [0.05, 0.1) is 23.4 Å². The molecular weight excluding hydrogens is 517 g/mol. The number of hydrogen-bond donors (Lipinski definition) is 3. The molecule has 2 fully saturated rings. The summed E-state index contributed by atoms with van der Waals surface area (Å²) in [4.78, 5) is 27.8. The molecular formula is C28H35F3N2O6. The number of nitrogens with zero attached hydrogens (tertiary/aromatic N) is 2. The summed E-state index contributed by atoms with van der Waals surface area (Å²) in [5.41, 5.74) is -3.88. The van der Waals surface area contributed by atoms with Crippen LogP contribution in [0.15, 0.2) is 23.3 Å². The van der Waals surface area contributed by atoms with Gasteiger partial charge in [0, 0.05) is 5.92 Å². The summed E-state index contributed by atoms with van der Waals surface area (Å²) >= 11 is 0. The molecule has 4 aliphatic rings. The Balaban J connectivity index is 1.58. The fraction of sp³-hybridized carbons (Fsp3) is 0.679. The summed E-state index contributed by atoms with van der Waals surface area (Å²) in [6.07, 6.45) is -4.01. The molecule has 214 valence electrons. The number of carbonyl (C=O) groups excluding carboxylic acids is 2. The van der Waals surface area contributed by atoms with Crippen LogP contribution >= 0.6 is 0 Å². The Morgan fingerprint density at radius 1 is 1.26 bits per heavy atom. The zero-order chi connectivity index (χ0) is 29.0. The number of aliphatic hydroxyl groups is 3. The molecule has 8 nitrogen and oxygen atoms in total. The van der Waals surface area contributed by atoms with E-state index in [-0.39, 0.29) is 45.6 Å². The third-order valence-corrected chi connectivity index (χ3v) is 10.0. The second-order valence-electron chi connectivity index (χ2n) is 12.5. The van der Waals surface area contributed by atoms with Crippen LogP contribution in [0.2, 0.25) is 0 Å². The van der Waals surface area contributed by atoms with Gasteiger partial charge in [-0.3, -0.25) is 9.48 Å². The molecule has 1 heterocycles. The third kappa shape index (κ3) is 3.65. The Hall–Kier alpha value is -2.50. The minimum atomic E-state index is -4.56. The molecule has 39 heavy (non-hydrogen) atoms. The number of hydrogen-bond acceptors (Lipinski definition) is 7. The molecule has 2 bridgehead atoms. The lowest BCUT2D eigenvalue weighted by molar-refractivity contribution is -0.190. The number of ether oxygens (including phenoxy) is 1. The maximum absolute atomic E-state index is 14.4. The number of halogens is 3. The van der Waals surface area contributed by atoms with Crippen LogP contribution in [0.1, 0.15) is 55.9 Å². The van der Waals surface area contributed by atoms with E-state index in [1.165, 1.54) is 13.8 Å². The van der Waals surface area contributed by atoms with Crippen LogP contribution < -0.4 is 0 Å². The first-order chi connectivity index (χ1) is 17.9. The van der Waals surface area contributed by atoms with Crippen molar-refractivity contribution in [1.82, 2.24) is 9.78 Å². The molecule has 3 N–H and O–H groups in total. The maximum Gasteiger partial charge on any atom is 0.408 e. The molecule has 0 radical (unpaired) electrons. The standard InChI is InChI=1S/C28H35F3N2O6/c1-12-9-26-13(2)7-18-20(25(18,5)6)17(22(26)36)8-16(10-34)21(35)28(26,38)23(12)39-24(37)19-14(3)32-33(15(19)4)11-27(29,30)31/h8-9,13,17-18,20-21,23,34-35,38H,7,10-11H2,1-6H3/t13-,17+,18-,20+,21-,23+,26+,28+/m1/s1. The topological polar surface area (TPSA) is 122 Å². The van der Waals surface area contributed by atoms with Crippen molar-refractivity contribution < 1.29 is 42.8 Å². The van der Waals surface area contributed by atoms with Gasteiger partial charge in [-0.2, -0.15) is 18.3 Å². The van der Waals surface area contributed by atoms with Crippen molar-refractivity contribution >= 4 is 11.8 Å². The minimum Gasteiger partial charge on any atom is -0.451 e. The van der Waals surface area contributed by atoms with Gasteiger partial charge in [0.15, 0.2) is 17.5 Å². The van der Waals surface area contributed by atoms with E-state index in [9.17, 15) is 38.1 Å². The molecule has 0 aliphatic heterocycles. The Labute approximate surface area is 224 Å². The Bertz CT molecular complexity index is 1310. The second-order valence-corrected chi connectivity index (χ2v) is 12.5. The highest BCUT2D eigenvalue weighted by Gasteiger charge is 2.76. The molecule has 11 heteroatoms. The highest BCUT2D eigenvalue weighted by molar-refractivity contribution is 5.96. The number of fused-ring (bicyclic) bond motifs is 3. The Kier molecular flexibility index (Phi) is 6.11. The van der Waals surface area contributed by atoms with Gasteiger partial charge in [-0.1, -0.05) is 32.9 Å². The van der Waals surface area contributed by atoms with Gasteiger partial charge in [0.2, 0.25) is 0 Å². The number of aryl methyl sites for hydroxylation is 1. The number of aromatic nitrogens is 2. The average molecular weight is 553 g/mol. The molecule has 4 aliphatic carbocycles. The van der Waals surface area contributed by atoms with Gasteiger partial charge in [0.1, 0.15) is 18.2 Å². The molecule has 1 aromatic heterocycles. The molecule has 0 saturated heterocycles. The number of allylic oxidation sites excluding steroid dienone is 1. The quantitative estimate of drug-likeness (QED) is 0.388. The largest absolute Gasteiger partial charge is 0.451 e. The highest BCUT2D eigenvalue weighted by Crippen LogP contribution is 2.71. The molecule has 1 aromatic rings. The van der Waals surface area contributed by atoms with Gasteiger partial charge in [0.25, 0.3) is 0 Å². The van der Waals surface area contributed by atoms with E-state index >= 15 is 0 Å². The molecule has 5 rings (SSSR count). The van der Waals surface area contributed by atoms with Crippen LogP contribution in [-0.2, 0) is 16.1 Å². The van der Waals surface area contributed by atoms with Crippen molar-refractivity contribution in [2.45, 2.75) is 78.5 Å². The average Bonchev–Trinajstić information content (AvgIpc) is 3.16. The number of ketones is 1. The van der Waals surface area contributed by atoms with Gasteiger partial charge in [-0.25, -0.2) is 4.79 Å². The zero-order valence-electron chi connectivity index (χ0n) is 22.8. The van der Waals surface area contributed by atoms with Crippen molar-refractivity contribution in [3.05, 3.63) is 40.2 Å². The van der Waals surface area contributed by atoms with Crippen LogP contribution in [0.3, 0.4) is 0 Å². The van der Waals surface area contributed by atoms with Crippen LogP contribution in [0, 0.1) is 48.3 Å². The number of carbonyl (C=O) groups is 2. The van der Waals surface area contributed by atoms with E-state index in [1.54, 1.807) is 19.1 Å². The summed E-state index contributed by atoms with van der Waals surface area (Å²) in [7, 11) is 0. The van der Waals surface area contributed by atoms with Crippen molar-refractivity contribution in [2.75, 3.05) is 6.61 Å². The first-order valence-corrected chi connectivity index (χ1v) is 13.2. The van der Waals surface area contributed by atoms with Crippen molar-refractivity contribution in [2.24, 2.45) is 34.5 Å². The molecule has 0 unspecified atom stereocenters. The van der Waals surface area contributed by atoms with Crippen molar-refractivity contribution in [1.29, 1.82) is 0 Å². The fourth-order valence-corrected chi connectivity index (χ4v) is 8.08. The van der Waals surface area contributed by atoms with Crippen molar-refractivity contribution in [3.8, 4) is 0 Å². The van der Waals surface area contributed by atoms with Gasteiger partial charge in [-0.15, -0.1) is 0 Å². The third-order valence-electron chi connectivity index (χ3n) is 10.0. The second kappa shape index (κ2) is 8.50. The molecule has 2 saturated carbocycles. The molecule has 0 amide bonds. The maximum atomic E-state index is 14.4. The van der Waals surface area contributed by atoms with Crippen LogP contribution in [-0.4, -0.2) is 67.4 Å². The number of aliphatic hydroxyl groups excluding tert-OH is 2. The summed E-state index contributed by atoms with van der Waals surface area (Å²) < 4.78 is 45.6. The lowest BCUT2D eigenvalue weighted by Gasteiger charge is -2.48. The lowest BCUT2D eigenvalue weighted by atomic mass is 9.59. The van der Waals surface area contributed by atoms with Crippen molar-refractivity contribution in [3.63, 3.8) is 0 Å². The van der Waals surface area contributed by atoms with Gasteiger partial charge in [-0.05, 0) is 61.5 Å². The lowest BCUT2D eigenvalue weighted by Crippen LogP contribution is -2.65. The number of esters is 1. The summed E-state index contributed by atoms with van der Waals surface area (Å²) in [5.74, 6) is -2.24. The Morgan fingerprint density at radius 2 is 1.90 bits per heavy atom. The minimum absolute atomic E-state index is 0.0155. The van der Waals surface area contributed by atoms with E-state index in [1.807, 2.05) is 6.92 Å². The van der Waals surface area contributed by atoms with Crippen LogP contribution in [0.5, 0.6) is 0 Å². The molecule has 8 atom stereocenters. The zero-order valence-corrected chi connectivity index (χ0v) is 22.8. The smallest absolute Gasteiger partial charge is 0.408 e. The van der Waals surface area contributed by atoms with E-state index in [0.29, 0.717) is 16.7 Å². The summed E-state index contributed by atoms with van der Waals surface area (Å²) in [5, 5.41) is 38.1. The van der Waals surface area contributed by atoms with Gasteiger partial charge < -0.3 is 20.1 Å². The predicted octanol–water partition coefficient (Wildman–Crippen LogP) is 3.06. The van der Waals surface area contributed by atoms with E-state index in [0.717, 1.165) is 0 Å². The van der Waals surface area contributed by atoms with E-state index in [4.69, 9.17) is 4.74 Å². The van der Waals surface area contributed by atoms with E-state index in [2.05, 4.69) is 18.9 Å². The Morgan fingerprint density at radius 3 is 2.49 bits per heavy atom. The van der Waals surface area contributed by atoms with Crippen LogP contribution in [0.25, 0.3) is 0 Å². The van der Waals surface area contributed by atoms with Gasteiger partial charge >= 0.3 is 12.1 Å². The highest BCUT2D eigenvalue weighted by atomic mass is 19.4. The first-order valence-electron chi connectivity index (χ1n) is 13.2. The number of alkyl halides is 3. The monoisotopic (exact) mass is 552 g/mol. The summed E-state index contributed by atoms with van der Waals surface area (Å²) in [6, 6.07) is 0. The fourth-order valence-electron chi connectivity index (χ4n) is 8.08. The number of rotatable bonds is 4. The molecule has 0 aromatic carbocycles. The van der Waals surface area contributed by atoms with Crippen LogP contribution in [0.4, 0.5) is 13.2 Å². The predicted molar refractivity (Wildman–Crippen MR) is 132 cm³/mol.